The zero-order valence-corrected chi connectivity index (χ0v) is 20.7. The summed E-state index contributed by atoms with van der Waals surface area (Å²) in [6.45, 7) is 24.1. The highest BCUT2D eigenvalue weighted by atomic mass is 28.4. The van der Waals surface area contributed by atoms with Gasteiger partial charge in [0.1, 0.15) is 18.4 Å². The van der Waals surface area contributed by atoms with E-state index in [0.717, 1.165) is 11.1 Å². The van der Waals surface area contributed by atoms with E-state index in [2.05, 4.69) is 81.1 Å². The van der Waals surface area contributed by atoms with Crippen LogP contribution in [-0.4, -0.2) is 37.6 Å². The molecule has 0 saturated heterocycles. The Morgan fingerprint density at radius 2 is 1.57 bits per heavy atom. The lowest BCUT2D eigenvalue weighted by Gasteiger charge is -2.35. The number of phenols is 1. The average molecular weight is 406 g/mol. The zero-order chi connectivity index (χ0) is 21.7. The van der Waals surface area contributed by atoms with Gasteiger partial charge < -0.3 is 14.3 Å². The Labute approximate surface area is 172 Å². The lowest BCUT2D eigenvalue weighted by molar-refractivity contribution is 0.0619. The molecule has 0 saturated carbocycles. The van der Waals surface area contributed by atoms with Gasteiger partial charge in [0.15, 0.2) is 8.32 Å². The van der Waals surface area contributed by atoms with Crippen LogP contribution >= 0.6 is 0 Å². The molecule has 0 aliphatic carbocycles. The van der Waals surface area contributed by atoms with Crippen molar-refractivity contribution in [2.75, 3.05) is 6.61 Å². The minimum Gasteiger partial charge on any atom is -0.507 e. The van der Waals surface area contributed by atoms with Crippen LogP contribution in [0.1, 0.15) is 72.1 Å². The molecule has 1 N–H and O–H groups in total. The first-order valence-electron chi connectivity index (χ1n) is 10.2. The molecule has 28 heavy (non-hydrogen) atoms. The van der Waals surface area contributed by atoms with Crippen LogP contribution in [0.3, 0.4) is 0 Å². The zero-order valence-electron chi connectivity index (χ0n) is 19.7. The number of benzene rings is 1. The molecule has 0 amide bonds. The molecule has 2 rings (SSSR count). The van der Waals surface area contributed by atoms with Crippen molar-refractivity contribution in [1.82, 2.24) is 0 Å². The smallest absolute Gasteiger partial charge is 0.220 e. The second-order valence-electron chi connectivity index (χ2n) is 11.5. The number of rotatable bonds is 4. The summed E-state index contributed by atoms with van der Waals surface area (Å²) >= 11 is 0. The quantitative estimate of drug-likeness (QED) is 0.648. The summed E-state index contributed by atoms with van der Waals surface area (Å²) in [4.78, 5) is 4.85. The first-order chi connectivity index (χ1) is 12.4. The molecule has 0 radical (unpaired) electrons. The Morgan fingerprint density at radius 3 is 2.04 bits per heavy atom. The van der Waals surface area contributed by atoms with Crippen molar-refractivity contribution in [2.45, 2.75) is 97.5 Å². The molecular weight excluding hydrogens is 366 g/mol. The molecule has 1 atom stereocenters. The highest BCUT2D eigenvalue weighted by Gasteiger charge is 2.39. The van der Waals surface area contributed by atoms with Gasteiger partial charge in [0.25, 0.3) is 0 Å². The molecule has 0 unspecified atom stereocenters. The largest absolute Gasteiger partial charge is 0.507 e. The maximum atomic E-state index is 11.1. The van der Waals surface area contributed by atoms with E-state index in [1.54, 1.807) is 0 Å². The van der Waals surface area contributed by atoms with Crippen LogP contribution in [0.5, 0.6) is 5.75 Å². The molecule has 0 spiro atoms. The first-order valence-corrected chi connectivity index (χ1v) is 13.6. The Bertz CT molecular complexity index is 762. The third kappa shape index (κ3) is 5.18. The molecule has 4 nitrogen and oxygen atoms in total. The van der Waals surface area contributed by atoms with E-state index in [-0.39, 0.29) is 22.6 Å². The van der Waals surface area contributed by atoms with Gasteiger partial charge in [0, 0.05) is 5.56 Å². The molecule has 0 aromatic heterocycles. The summed E-state index contributed by atoms with van der Waals surface area (Å²) in [7, 11) is -1.71. The standard InChI is InChI=1S/C23H39NO3Si/c1-21(2,3)15-12-16(19(25)17(13-15)22(4,5)6)20-24-18(14-26-20)23(7,8)27-28(9,10)11/h12-13,18,25H,14H2,1-11H3/t18-/m0/s1. The van der Waals surface area contributed by atoms with Crippen LogP contribution in [0.4, 0.5) is 0 Å². The normalized spacial score (nSPS) is 18.8. The van der Waals surface area contributed by atoms with E-state index in [1.807, 2.05) is 6.07 Å². The van der Waals surface area contributed by atoms with E-state index in [9.17, 15) is 5.11 Å². The number of hydrogen-bond acceptors (Lipinski definition) is 4. The highest BCUT2D eigenvalue weighted by Crippen LogP contribution is 2.39. The minimum atomic E-state index is -1.71. The fourth-order valence-electron chi connectivity index (χ4n) is 3.54. The van der Waals surface area contributed by atoms with Crippen molar-refractivity contribution >= 4 is 14.2 Å². The van der Waals surface area contributed by atoms with Crippen molar-refractivity contribution in [3.8, 4) is 5.75 Å². The van der Waals surface area contributed by atoms with Gasteiger partial charge in [-0.1, -0.05) is 47.6 Å². The topological polar surface area (TPSA) is 51.0 Å². The third-order valence-electron chi connectivity index (χ3n) is 5.04. The van der Waals surface area contributed by atoms with Gasteiger partial charge in [0.2, 0.25) is 5.90 Å². The Kier molecular flexibility index (Phi) is 5.88. The van der Waals surface area contributed by atoms with Gasteiger partial charge in [-0.2, -0.15) is 0 Å². The Morgan fingerprint density at radius 1 is 1.00 bits per heavy atom. The van der Waals surface area contributed by atoms with E-state index >= 15 is 0 Å². The van der Waals surface area contributed by atoms with Crippen LogP contribution < -0.4 is 0 Å². The van der Waals surface area contributed by atoms with Crippen LogP contribution in [0.2, 0.25) is 19.6 Å². The number of phenolic OH excluding ortho intramolecular Hbond substituents is 1. The summed E-state index contributed by atoms with van der Waals surface area (Å²) in [5.41, 5.74) is 2.14. The number of nitrogens with zero attached hydrogens (tertiary/aromatic N) is 1. The summed E-state index contributed by atoms with van der Waals surface area (Å²) in [5, 5.41) is 11.1. The highest BCUT2D eigenvalue weighted by molar-refractivity contribution is 6.69. The molecule has 1 aromatic rings. The van der Waals surface area contributed by atoms with Crippen molar-refractivity contribution < 1.29 is 14.3 Å². The Balaban J connectivity index is 2.53. The molecule has 1 heterocycles. The molecule has 1 aliphatic rings. The van der Waals surface area contributed by atoms with Gasteiger partial charge in [-0.05, 0) is 55.9 Å². The van der Waals surface area contributed by atoms with Crippen molar-refractivity contribution in [2.24, 2.45) is 4.99 Å². The number of ether oxygens (including phenoxy) is 1. The van der Waals surface area contributed by atoms with Gasteiger partial charge in [-0.15, -0.1) is 0 Å². The second kappa shape index (κ2) is 7.17. The molecule has 0 bridgehead atoms. The predicted molar refractivity (Wildman–Crippen MR) is 120 cm³/mol. The number of aromatic hydroxyl groups is 1. The lowest BCUT2D eigenvalue weighted by Crippen LogP contribution is -2.46. The summed E-state index contributed by atoms with van der Waals surface area (Å²) < 4.78 is 12.4. The maximum absolute atomic E-state index is 11.1. The molecule has 1 aromatic carbocycles. The molecule has 158 valence electrons. The SMILES string of the molecule is CC(C)(C)c1cc(C2=N[C@H](C(C)(C)O[Si](C)(C)C)CO2)c(O)c(C(C)(C)C)c1. The maximum Gasteiger partial charge on any atom is 0.220 e. The molecule has 0 fully saturated rings. The molecule has 1 aliphatic heterocycles. The molecule has 5 heteroatoms. The Hall–Kier alpha value is -1.33. The fraction of sp³-hybridized carbons (Fsp3) is 0.696. The van der Waals surface area contributed by atoms with Crippen molar-refractivity contribution in [1.29, 1.82) is 0 Å². The van der Waals surface area contributed by atoms with Crippen LogP contribution in [0.15, 0.2) is 17.1 Å². The van der Waals surface area contributed by atoms with Gasteiger partial charge in [0.05, 0.1) is 11.2 Å². The van der Waals surface area contributed by atoms with Gasteiger partial charge in [-0.25, -0.2) is 4.99 Å². The van der Waals surface area contributed by atoms with Crippen LogP contribution in [0, 0.1) is 0 Å². The number of hydrogen-bond donors (Lipinski definition) is 1. The van der Waals surface area contributed by atoms with E-state index in [4.69, 9.17) is 14.2 Å². The fourth-order valence-corrected chi connectivity index (χ4v) is 5.25. The molecular formula is C23H39NO3Si. The van der Waals surface area contributed by atoms with Gasteiger partial charge >= 0.3 is 0 Å². The average Bonchev–Trinajstić information content (AvgIpc) is 2.92. The van der Waals surface area contributed by atoms with Gasteiger partial charge in [-0.3, -0.25) is 0 Å². The second-order valence-corrected chi connectivity index (χ2v) is 15.9. The summed E-state index contributed by atoms with van der Waals surface area (Å²) in [5.74, 6) is 0.787. The van der Waals surface area contributed by atoms with Crippen LogP contribution in [-0.2, 0) is 20.0 Å². The first kappa shape index (κ1) is 23.0. The van der Waals surface area contributed by atoms with E-state index < -0.39 is 13.9 Å². The van der Waals surface area contributed by atoms with Crippen molar-refractivity contribution in [3.05, 3.63) is 28.8 Å². The lowest BCUT2D eigenvalue weighted by atomic mass is 9.79. The van der Waals surface area contributed by atoms with Crippen molar-refractivity contribution in [3.63, 3.8) is 0 Å². The summed E-state index contributed by atoms with van der Waals surface area (Å²) in [6.07, 6.45) is 0. The summed E-state index contributed by atoms with van der Waals surface area (Å²) in [6, 6.07) is 4.05. The van der Waals surface area contributed by atoms with Crippen LogP contribution in [0.25, 0.3) is 0 Å². The minimum absolute atomic E-state index is 0.0404. The van der Waals surface area contributed by atoms with E-state index in [0.29, 0.717) is 18.1 Å². The predicted octanol–water partition coefficient (Wildman–Crippen LogP) is 5.76. The monoisotopic (exact) mass is 405 g/mol. The third-order valence-corrected chi connectivity index (χ3v) is 6.18. The number of aliphatic imine (C=N–C) groups is 1. The van der Waals surface area contributed by atoms with E-state index in [1.165, 1.54) is 0 Å².